The summed E-state index contributed by atoms with van der Waals surface area (Å²) in [7, 11) is 1.81. The fourth-order valence-electron chi connectivity index (χ4n) is 1.01. The van der Waals surface area contributed by atoms with Crippen molar-refractivity contribution in [2.24, 2.45) is 0 Å². The van der Waals surface area contributed by atoms with Gasteiger partial charge in [-0.15, -0.1) is 0 Å². The molecule has 3 N–H and O–H groups in total. The Labute approximate surface area is 93.9 Å². The van der Waals surface area contributed by atoms with Crippen molar-refractivity contribution in [3.63, 3.8) is 0 Å². The van der Waals surface area contributed by atoms with Crippen LogP contribution in [0.3, 0.4) is 0 Å². The fourth-order valence-corrected chi connectivity index (χ4v) is 1.20. The molecule has 0 aliphatic carbocycles. The van der Waals surface area contributed by atoms with E-state index >= 15 is 0 Å². The van der Waals surface area contributed by atoms with E-state index in [4.69, 9.17) is 17.3 Å². The number of rotatable bonds is 3. The van der Waals surface area contributed by atoms with Crippen LogP contribution in [-0.4, -0.2) is 34.3 Å². The lowest BCUT2D eigenvalue weighted by atomic mass is 10.1. The van der Waals surface area contributed by atoms with Crippen LogP contribution >= 0.6 is 11.6 Å². The lowest BCUT2D eigenvalue weighted by molar-refractivity contribution is 0.215. The Morgan fingerprint density at radius 3 is 2.60 bits per heavy atom. The minimum atomic E-state index is -0.426. The maximum absolute atomic E-state index is 9.22. The summed E-state index contributed by atoms with van der Waals surface area (Å²) in [5.41, 5.74) is 5.06. The maximum Gasteiger partial charge on any atom is 0.223 e. The van der Waals surface area contributed by atoms with Crippen molar-refractivity contribution in [1.82, 2.24) is 9.97 Å². The number of anilines is 2. The van der Waals surface area contributed by atoms with Crippen molar-refractivity contribution in [2.45, 2.75) is 19.4 Å². The van der Waals surface area contributed by atoms with Gasteiger partial charge in [0.2, 0.25) is 5.95 Å². The number of aliphatic hydroxyl groups excluding tert-OH is 1. The Hall–Kier alpha value is -1.07. The van der Waals surface area contributed by atoms with Crippen LogP contribution in [0.2, 0.25) is 5.15 Å². The van der Waals surface area contributed by atoms with Gasteiger partial charge in [0.15, 0.2) is 0 Å². The van der Waals surface area contributed by atoms with Crippen molar-refractivity contribution in [3.8, 4) is 0 Å². The monoisotopic (exact) mass is 230 g/mol. The quantitative estimate of drug-likeness (QED) is 0.756. The minimum Gasteiger partial charge on any atom is -0.394 e. The van der Waals surface area contributed by atoms with Crippen LogP contribution in [-0.2, 0) is 0 Å². The van der Waals surface area contributed by atoms with E-state index < -0.39 is 5.54 Å². The average molecular weight is 231 g/mol. The Bertz CT molecular complexity index is 336. The fraction of sp³-hybridized carbons (Fsp3) is 0.556. The highest BCUT2D eigenvalue weighted by molar-refractivity contribution is 6.29. The summed E-state index contributed by atoms with van der Waals surface area (Å²) in [5.74, 6) is 0.713. The standard InChI is InChI=1S/C9H15ClN4O/c1-9(2,5-15)14(3)7-4-6(10)12-8(11)13-7/h4,15H,5H2,1-3H3,(H2,11,12,13). The van der Waals surface area contributed by atoms with Crippen LogP contribution in [0.1, 0.15) is 13.8 Å². The predicted molar refractivity (Wildman–Crippen MR) is 61.0 cm³/mol. The largest absolute Gasteiger partial charge is 0.394 e. The topological polar surface area (TPSA) is 75.3 Å². The van der Waals surface area contributed by atoms with Crippen LogP contribution in [0.4, 0.5) is 11.8 Å². The van der Waals surface area contributed by atoms with E-state index in [9.17, 15) is 5.11 Å². The molecular weight excluding hydrogens is 216 g/mol. The molecule has 0 aromatic carbocycles. The highest BCUT2D eigenvalue weighted by Crippen LogP contribution is 2.22. The maximum atomic E-state index is 9.22. The summed E-state index contributed by atoms with van der Waals surface area (Å²) >= 11 is 5.77. The summed E-state index contributed by atoms with van der Waals surface area (Å²) in [6, 6.07) is 1.61. The summed E-state index contributed by atoms with van der Waals surface area (Å²) in [4.78, 5) is 9.62. The molecule has 1 heterocycles. The minimum absolute atomic E-state index is 0.00499. The lowest BCUT2D eigenvalue weighted by Gasteiger charge is -2.34. The van der Waals surface area contributed by atoms with Crippen LogP contribution in [0.5, 0.6) is 0 Å². The Morgan fingerprint density at radius 1 is 1.53 bits per heavy atom. The molecule has 0 atom stereocenters. The van der Waals surface area contributed by atoms with Gasteiger partial charge >= 0.3 is 0 Å². The number of nitrogens with zero attached hydrogens (tertiary/aromatic N) is 3. The number of likely N-dealkylation sites (N-methyl/N-ethyl adjacent to an activating group) is 1. The molecule has 0 aliphatic heterocycles. The first-order chi connectivity index (χ1) is 6.86. The number of halogens is 1. The third kappa shape index (κ3) is 2.70. The number of aromatic nitrogens is 2. The van der Waals surface area contributed by atoms with E-state index in [0.717, 1.165) is 0 Å². The molecule has 15 heavy (non-hydrogen) atoms. The zero-order valence-electron chi connectivity index (χ0n) is 9.03. The molecule has 5 nitrogen and oxygen atoms in total. The SMILES string of the molecule is CN(c1cc(Cl)nc(N)n1)C(C)(C)CO. The zero-order valence-corrected chi connectivity index (χ0v) is 9.78. The first-order valence-corrected chi connectivity index (χ1v) is 4.89. The number of nitrogens with two attached hydrogens (primary N) is 1. The van der Waals surface area contributed by atoms with E-state index in [-0.39, 0.29) is 17.7 Å². The molecule has 0 bridgehead atoms. The van der Waals surface area contributed by atoms with Crippen LogP contribution < -0.4 is 10.6 Å². The molecule has 0 unspecified atom stereocenters. The summed E-state index contributed by atoms with van der Waals surface area (Å²) < 4.78 is 0. The Morgan fingerprint density at radius 2 is 2.13 bits per heavy atom. The van der Waals surface area contributed by atoms with Gasteiger partial charge in [-0.2, -0.15) is 4.98 Å². The Balaban J connectivity index is 3.06. The van der Waals surface area contributed by atoms with Gasteiger partial charge in [0.1, 0.15) is 11.0 Å². The molecule has 0 fully saturated rings. The molecule has 0 amide bonds. The van der Waals surface area contributed by atoms with Gasteiger partial charge in [-0.05, 0) is 13.8 Å². The number of aliphatic hydroxyl groups is 1. The molecule has 0 aliphatic rings. The number of nitrogen functional groups attached to an aromatic ring is 1. The van der Waals surface area contributed by atoms with Gasteiger partial charge < -0.3 is 15.7 Å². The molecule has 1 rings (SSSR count). The molecule has 6 heteroatoms. The third-order valence-corrected chi connectivity index (χ3v) is 2.53. The first-order valence-electron chi connectivity index (χ1n) is 4.51. The van der Waals surface area contributed by atoms with Gasteiger partial charge in [0, 0.05) is 13.1 Å². The second-order valence-electron chi connectivity index (χ2n) is 3.94. The van der Waals surface area contributed by atoms with E-state index in [1.54, 1.807) is 11.0 Å². The zero-order chi connectivity index (χ0) is 11.6. The lowest BCUT2D eigenvalue weighted by Crippen LogP contribution is -2.44. The van der Waals surface area contributed by atoms with E-state index in [1.165, 1.54) is 0 Å². The number of hydrogen-bond acceptors (Lipinski definition) is 5. The average Bonchev–Trinajstić information content (AvgIpc) is 2.15. The molecule has 1 aromatic heterocycles. The van der Waals surface area contributed by atoms with Crippen molar-refractivity contribution in [2.75, 3.05) is 24.3 Å². The molecule has 0 spiro atoms. The highest BCUT2D eigenvalue weighted by atomic mass is 35.5. The van der Waals surface area contributed by atoms with E-state index in [0.29, 0.717) is 5.82 Å². The van der Waals surface area contributed by atoms with Crippen molar-refractivity contribution in [1.29, 1.82) is 0 Å². The second-order valence-corrected chi connectivity index (χ2v) is 4.32. The van der Waals surface area contributed by atoms with Crippen LogP contribution in [0, 0.1) is 0 Å². The van der Waals surface area contributed by atoms with E-state index in [1.807, 2.05) is 20.9 Å². The van der Waals surface area contributed by atoms with Gasteiger partial charge in [-0.1, -0.05) is 11.6 Å². The van der Waals surface area contributed by atoms with Crippen LogP contribution in [0.25, 0.3) is 0 Å². The third-order valence-electron chi connectivity index (χ3n) is 2.34. The summed E-state index contributed by atoms with van der Waals surface area (Å²) in [6.07, 6.45) is 0. The highest BCUT2D eigenvalue weighted by Gasteiger charge is 2.24. The summed E-state index contributed by atoms with van der Waals surface area (Å²) in [6.45, 7) is 3.78. The predicted octanol–water partition coefficient (Wildman–Crippen LogP) is 0.919. The molecule has 84 valence electrons. The van der Waals surface area contributed by atoms with Gasteiger partial charge in [-0.3, -0.25) is 0 Å². The normalized spacial score (nSPS) is 11.5. The van der Waals surface area contributed by atoms with Gasteiger partial charge in [0.05, 0.1) is 12.1 Å². The first kappa shape index (κ1) is 12.0. The molecule has 1 aromatic rings. The van der Waals surface area contributed by atoms with Gasteiger partial charge in [0.25, 0.3) is 0 Å². The smallest absolute Gasteiger partial charge is 0.223 e. The molecule has 0 saturated carbocycles. The van der Waals surface area contributed by atoms with Crippen molar-refractivity contribution >= 4 is 23.4 Å². The Kier molecular flexibility index (Phi) is 3.36. The van der Waals surface area contributed by atoms with Crippen LogP contribution in [0.15, 0.2) is 6.07 Å². The van der Waals surface area contributed by atoms with Crippen molar-refractivity contribution < 1.29 is 5.11 Å². The number of hydrogen-bond donors (Lipinski definition) is 2. The second kappa shape index (κ2) is 4.20. The van der Waals surface area contributed by atoms with E-state index in [2.05, 4.69) is 9.97 Å². The molecular formula is C9H15ClN4O. The summed E-state index contributed by atoms with van der Waals surface area (Å²) in [5, 5.41) is 9.50. The molecule has 0 saturated heterocycles. The van der Waals surface area contributed by atoms with Crippen molar-refractivity contribution in [3.05, 3.63) is 11.2 Å². The van der Waals surface area contributed by atoms with Gasteiger partial charge in [-0.25, -0.2) is 4.98 Å². The molecule has 0 radical (unpaired) electrons.